The number of ether oxygens (including phenoxy) is 1. The van der Waals surface area contributed by atoms with Gasteiger partial charge in [-0.25, -0.2) is 8.78 Å². The SMILES string of the molecule is C#CCOc1ccccc1CNc1cccc(F)c1F. The number of terminal acetylenes is 1. The Kier molecular flexibility index (Phi) is 4.56. The number of halogens is 2. The van der Waals surface area contributed by atoms with Crippen molar-refractivity contribution in [3.63, 3.8) is 0 Å². The minimum atomic E-state index is -0.894. The lowest BCUT2D eigenvalue weighted by Crippen LogP contribution is -2.05. The molecular formula is C16H13F2NO. The van der Waals surface area contributed by atoms with Crippen molar-refractivity contribution in [2.45, 2.75) is 6.54 Å². The third-order valence-electron chi connectivity index (χ3n) is 2.70. The zero-order valence-corrected chi connectivity index (χ0v) is 10.7. The van der Waals surface area contributed by atoms with Gasteiger partial charge >= 0.3 is 0 Å². The van der Waals surface area contributed by atoms with Gasteiger partial charge in [0.1, 0.15) is 12.4 Å². The summed E-state index contributed by atoms with van der Waals surface area (Å²) in [5.41, 5.74) is 0.920. The highest BCUT2D eigenvalue weighted by atomic mass is 19.2. The van der Waals surface area contributed by atoms with Crippen molar-refractivity contribution >= 4 is 5.69 Å². The summed E-state index contributed by atoms with van der Waals surface area (Å²) in [6, 6.07) is 11.3. The number of anilines is 1. The van der Waals surface area contributed by atoms with Gasteiger partial charge in [0.2, 0.25) is 0 Å². The Hall–Kier alpha value is -2.54. The molecular weight excluding hydrogens is 260 g/mol. The van der Waals surface area contributed by atoms with E-state index in [4.69, 9.17) is 11.2 Å². The van der Waals surface area contributed by atoms with Crippen LogP contribution in [0.2, 0.25) is 0 Å². The Morgan fingerprint density at radius 2 is 1.90 bits per heavy atom. The predicted molar refractivity (Wildman–Crippen MR) is 74.5 cm³/mol. The molecule has 0 fully saturated rings. The van der Waals surface area contributed by atoms with Gasteiger partial charge in [0.25, 0.3) is 0 Å². The second-order valence-corrected chi connectivity index (χ2v) is 4.06. The summed E-state index contributed by atoms with van der Waals surface area (Å²) in [4.78, 5) is 0. The summed E-state index contributed by atoms with van der Waals surface area (Å²) in [7, 11) is 0. The highest BCUT2D eigenvalue weighted by Gasteiger charge is 2.08. The van der Waals surface area contributed by atoms with E-state index in [9.17, 15) is 8.78 Å². The van der Waals surface area contributed by atoms with Crippen molar-refractivity contribution in [1.29, 1.82) is 0 Å². The summed E-state index contributed by atoms with van der Waals surface area (Å²) in [5.74, 6) is 1.23. The van der Waals surface area contributed by atoms with Gasteiger partial charge in [0, 0.05) is 12.1 Å². The van der Waals surface area contributed by atoms with Gasteiger partial charge in [-0.3, -0.25) is 0 Å². The van der Waals surface area contributed by atoms with Crippen molar-refractivity contribution in [1.82, 2.24) is 0 Å². The fraction of sp³-hybridized carbons (Fsp3) is 0.125. The van der Waals surface area contributed by atoms with Gasteiger partial charge < -0.3 is 10.1 Å². The van der Waals surface area contributed by atoms with Crippen LogP contribution in [0.1, 0.15) is 5.56 Å². The van der Waals surface area contributed by atoms with Crippen molar-refractivity contribution < 1.29 is 13.5 Å². The number of hydrogen-bond donors (Lipinski definition) is 1. The molecule has 0 saturated heterocycles. The molecule has 4 heteroatoms. The molecule has 2 rings (SSSR count). The molecule has 0 bridgehead atoms. The normalized spacial score (nSPS) is 9.85. The lowest BCUT2D eigenvalue weighted by atomic mass is 10.2. The van der Waals surface area contributed by atoms with Crippen LogP contribution in [0.4, 0.5) is 14.5 Å². The fourth-order valence-corrected chi connectivity index (χ4v) is 1.74. The molecule has 0 unspecified atom stereocenters. The standard InChI is InChI=1S/C16H13F2NO/c1-2-10-20-15-9-4-3-6-12(15)11-19-14-8-5-7-13(17)16(14)18/h1,3-9,19H,10-11H2. The maximum Gasteiger partial charge on any atom is 0.181 e. The van der Waals surface area contributed by atoms with Crippen LogP contribution in [0.3, 0.4) is 0 Å². The zero-order valence-electron chi connectivity index (χ0n) is 10.7. The second-order valence-electron chi connectivity index (χ2n) is 4.06. The van der Waals surface area contributed by atoms with Crippen LogP contribution in [0.15, 0.2) is 42.5 Å². The number of nitrogens with one attached hydrogen (secondary N) is 1. The van der Waals surface area contributed by atoms with Crippen molar-refractivity contribution in [2.24, 2.45) is 0 Å². The van der Waals surface area contributed by atoms with Crippen LogP contribution in [-0.2, 0) is 6.54 Å². The first-order chi connectivity index (χ1) is 9.72. The van der Waals surface area contributed by atoms with Crippen LogP contribution in [-0.4, -0.2) is 6.61 Å². The maximum absolute atomic E-state index is 13.5. The first kappa shape index (κ1) is 13.9. The molecule has 0 aliphatic heterocycles. The summed E-state index contributed by atoms with van der Waals surface area (Å²) < 4.78 is 32.0. The summed E-state index contributed by atoms with van der Waals surface area (Å²) >= 11 is 0. The number of para-hydroxylation sites is 1. The Morgan fingerprint density at radius 3 is 2.70 bits per heavy atom. The quantitative estimate of drug-likeness (QED) is 0.841. The summed E-state index contributed by atoms with van der Waals surface area (Å²) in [6.45, 7) is 0.465. The second kappa shape index (κ2) is 6.58. The van der Waals surface area contributed by atoms with E-state index in [1.807, 2.05) is 18.2 Å². The molecule has 0 radical (unpaired) electrons. The van der Waals surface area contributed by atoms with Crippen molar-refractivity contribution in [3.05, 3.63) is 59.7 Å². The van der Waals surface area contributed by atoms with Gasteiger partial charge in [0.15, 0.2) is 11.6 Å². The van der Waals surface area contributed by atoms with E-state index in [1.54, 1.807) is 6.07 Å². The van der Waals surface area contributed by atoms with Crippen LogP contribution >= 0.6 is 0 Å². The number of hydrogen-bond acceptors (Lipinski definition) is 2. The first-order valence-corrected chi connectivity index (χ1v) is 6.04. The smallest absolute Gasteiger partial charge is 0.181 e. The Morgan fingerprint density at radius 1 is 1.10 bits per heavy atom. The van der Waals surface area contributed by atoms with E-state index in [0.717, 1.165) is 11.6 Å². The third kappa shape index (κ3) is 3.27. The minimum Gasteiger partial charge on any atom is -0.481 e. The van der Waals surface area contributed by atoms with Gasteiger partial charge in [-0.1, -0.05) is 30.2 Å². The molecule has 1 N–H and O–H groups in total. The lowest BCUT2D eigenvalue weighted by Gasteiger charge is -2.12. The Labute approximate surface area is 116 Å². The molecule has 0 aromatic heterocycles. The van der Waals surface area contributed by atoms with Crippen LogP contribution in [0.5, 0.6) is 5.75 Å². The monoisotopic (exact) mass is 273 g/mol. The predicted octanol–water partition coefficient (Wildman–Crippen LogP) is 3.59. The first-order valence-electron chi connectivity index (χ1n) is 6.04. The molecule has 0 heterocycles. The molecule has 0 spiro atoms. The van der Waals surface area contributed by atoms with Crippen LogP contribution in [0.25, 0.3) is 0 Å². The van der Waals surface area contributed by atoms with Gasteiger partial charge in [-0.15, -0.1) is 6.42 Å². The molecule has 0 aliphatic carbocycles. The van der Waals surface area contributed by atoms with E-state index in [0.29, 0.717) is 12.3 Å². The van der Waals surface area contributed by atoms with E-state index >= 15 is 0 Å². The average molecular weight is 273 g/mol. The van der Waals surface area contributed by atoms with Crippen LogP contribution in [0, 0.1) is 24.0 Å². The average Bonchev–Trinajstić information content (AvgIpc) is 2.47. The van der Waals surface area contributed by atoms with Crippen LogP contribution < -0.4 is 10.1 Å². The van der Waals surface area contributed by atoms with Gasteiger partial charge in [-0.2, -0.15) is 0 Å². The fourth-order valence-electron chi connectivity index (χ4n) is 1.74. The molecule has 102 valence electrons. The zero-order chi connectivity index (χ0) is 14.4. The van der Waals surface area contributed by atoms with E-state index in [-0.39, 0.29) is 12.3 Å². The molecule has 20 heavy (non-hydrogen) atoms. The molecule has 2 nitrogen and oxygen atoms in total. The minimum absolute atomic E-state index is 0.108. The number of rotatable bonds is 5. The number of benzene rings is 2. The van der Waals surface area contributed by atoms with Gasteiger partial charge in [0.05, 0.1) is 5.69 Å². The van der Waals surface area contributed by atoms with E-state index < -0.39 is 11.6 Å². The van der Waals surface area contributed by atoms with Crippen molar-refractivity contribution in [3.8, 4) is 18.1 Å². The molecule has 0 aliphatic rings. The molecule has 0 amide bonds. The molecule has 2 aromatic rings. The topological polar surface area (TPSA) is 21.3 Å². The largest absolute Gasteiger partial charge is 0.481 e. The summed E-state index contributed by atoms with van der Waals surface area (Å²) in [5, 5.41) is 2.84. The lowest BCUT2D eigenvalue weighted by molar-refractivity contribution is 0.366. The van der Waals surface area contributed by atoms with Gasteiger partial charge in [-0.05, 0) is 18.2 Å². The highest BCUT2D eigenvalue weighted by Crippen LogP contribution is 2.21. The van der Waals surface area contributed by atoms with E-state index in [2.05, 4.69) is 11.2 Å². The molecule has 0 atom stereocenters. The Balaban J connectivity index is 2.11. The van der Waals surface area contributed by atoms with Crippen molar-refractivity contribution in [2.75, 3.05) is 11.9 Å². The van der Waals surface area contributed by atoms with E-state index in [1.165, 1.54) is 12.1 Å². The highest BCUT2D eigenvalue weighted by molar-refractivity contribution is 5.46. The third-order valence-corrected chi connectivity index (χ3v) is 2.70. The molecule has 2 aromatic carbocycles. The Bertz CT molecular complexity index is 635. The maximum atomic E-state index is 13.5. The summed E-state index contributed by atoms with van der Waals surface area (Å²) in [6.07, 6.45) is 5.15. The molecule has 0 saturated carbocycles.